The molecule has 0 unspecified atom stereocenters. The van der Waals surface area contributed by atoms with E-state index < -0.39 is 0 Å². The Kier molecular flexibility index (Phi) is 26.7. The molecule has 1 aromatic rings. The summed E-state index contributed by atoms with van der Waals surface area (Å²) in [7, 11) is 0. The SMILES string of the molecule is CC(C)=CCC/C(C)=C/CC/C(C)=C/CC/C(C)=C/CC/C(C)=C/CC/C(C)=C/CC/C(C)=C/CC/C(=C/CC/C(C)=C/Cc1cc(O)ccc1O)CO. The lowest BCUT2D eigenvalue weighted by molar-refractivity contribution is 0.326. The van der Waals surface area contributed by atoms with Gasteiger partial charge in [-0.3, -0.25) is 0 Å². The van der Waals surface area contributed by atoms with Crippen LogP contribution in [0.4, 0.5) is 0 Å². The smallest absolute Gasteiger partial charge is 0.119 e. The Morgan fingerprint density at radius 2 is 0.759 bits per heavy atom. The van der Waals surface area contributed by atoms with Gasteiger partial charge in [0.05, 0.1) is 6.61 Å². The highest BCUT2D eigenvalue weighted by Gasteiger charge is 2.02. The summed E-state index contributed by atoms with van der Waals surface area (Å²) in [5, 5.41) is 29.5. The van der Waals surface area contributed by atoms with E-state index in [-0.39, 0.29) is 18.1 Å². The van der Waals surface area contributed by atoms with Crippen LogP contribution < -0.4 is 0 Å². The van der Waals surface area contributed by atoms with Gasteiger partial charge in [-0.2, -0.15) is 0 Å². The van der Waals surface area contributed by atoms with Gasteiger partial charge in [-0.1, -0.05) is 99.3 Å². The average Bonchev–Trinajstić information content (AvgIpc) is 3.11. The lowest BCUT2D eigenvalue weighted by atomic mass is 10.0. The van der Waals surface area contributed by atoms with Crippen molar-refractivity contribution in [1.29, 1.82) is 0 Å². The van der Waals surface area contributed by atoms with Crippen LogP contribution >= 0.6 is 0 Å². The van der Waals surface area contributed by atoms with Crippen LogP contribution in [0.25, 0.3) is 0 Å². The molecule has 54 heavy (non-hydrogen) atoms. The van der Waals surface area contributed by atoms with E-state index in [1.807, 2.05) is 0 Å². The molecule has 0 aliphatic rings. The second-order valence-electron chi connectivity index (χ2n) is 16.0. The van der Waals surface area contributed by atoms with Crippen molar-refractivity contribution >= 4 is 0 Å². The van der Waals surface area contributed by atoms with Crippen LogP contribution in [0.5, 0.6) is 11.5 Å². The van der Waals surface area contributed by atoms with Crippen molar-refractivity contribution in [3.63, 3.8) is 0 Å². The zero-order valence-corrected chi connectivity index (χ0v) is 36.0. The number of phenolic OH excluding ortho intramolecular Hbond substituents is 2. The zero-order chi connectivity index (χ0) is 40.1. The minimum absolute atomic E-state index is 0.104. The predicted molar refractivity (Wildman–Crippen MR) is 238 cm³/mol. The Balaban J connectivity index is 2.29. The first-order valence-corrected chi connectivity index (χ1v) is 20.8. The number of phenols is 2. The summed E-state index contributed by atoms with van der Waals surface area (Å²) in [5.41, 5.74) is 13.4. The maximum absolute atomic E-state index is 9.97. The van der Waals surface area contributed by atoms with Crippen LogP contribution in [0.15, 0.2) is 123 Å². The van der Waals surface area contributed by atoms with Crippen LogP contribution in [0, 0.1) is 0 Å². The molecule has 0 aliphatic heterocycles. The van der Waals surface area contributed by atoms with Gasteiger partial charge in [0.25, 0.3) is 0 Å². The molecule has 1 rings (SSSR count). The monoisotopic (exact) mass is 739 g/mol. The van der Waals surface area contributed by atoms with E-state index in [9.17, 15) is 15.3 Å². The van der Waals surface area contributed by atoms with Gasteiger partial charge in [0.1, 0.15) is 11.5 Å². The summed E-state index contributed by atoms with van der Waals surface area (Å²) in [4.78, 5) is 0. The van der Waals surface area contributed by atoms with Gasteiger partial charge in [0.2, 0.25) is 0 Å². The normalized spacial score (nSPS) is 14.3. The molecule has 0 heterocycles. The Morgan fingerprint density at radius 1 is 0.426 bits per heavy atom. The molecule has 1 aromatic carbocycles. The van der Waals surface area contributed by atoms with Gasteiger partial charge < -0.3 is 15.3 Å². The molecule has 3 nitrogen and oxygen atoms in total. The maximum atomic E-state index is 9.97. The fraction of sp³-hybridized carbons (Fsp3) is 0.529. The minimum Gasteiger partial charge on any atom is -0.508 e. The second kappa shape index (κ2) is 29.8. The highest BCUT2D eigenvalue weighted by atomic mass is 16.3. The lowest BCUT2D eigenvalue weighted by Gasteiger charge is -2.06. The van der Waals surface area contributed by atoms with Crippen LogP contribution in [-0.2, 0) is 6.42 Å². The fourth-order valence-corrected chi connectivity index (χ4v) is 6.31. The number of rotatable bonds is 27. The van der Waals surface area contributed by atoms with Crippen molar-refractivity contribution in [3.05, 3.63) is 129 Å². The number of hydrogen-bond acceptors (Lipinski definition) is 3. The van der Waals surface area contributed by atoms with E-state index in [0.717, 1.165) is 101 Å². The lowest BCUT2D eigenvalue weighted by Crippen LogP contribution is -1.91. The largest absolute Gasteiger partial charge is 0.508 e. The molecule has 0 bridgehead atoms. The summed E-state index contributed by atoms with van der Waals surface area (Å²) in [6.45, 7) is 20.1. The van der Waals surface area contributed by atoms with E-state index in [2.05, 4.69) is 117 Å². The van der Waals surface area contributed by atoms with Gasteiger partial charge in [0.15, 0.2) is 0 Å². The molecule has 0 aromatic heterocycles. The van der Waals surface area contributed by atoms with Gasteiger partial charge >= 0.3 is 0 Å². The Bertz CT molecular complexity index is 1510. The summed E-state index contributed by atoms with van der Waals surface area (Å²) in [6.07, 6.45) is 39.0. The second-order valence-corrected chi connectivity index (χ2v) is 16.0. The third-order valence-corrected chi connectivity index (χ3v) is 10.1. The van der Waals surface area contributed by atoms with Crippen LogP contribution in [0.2, 0.25) is 0 Å². The van der Waals surface area contributed by atoms with E-state index in [1.165, 1.54) is 69.6 Å². The molecule has 3 heteroatoms. The molecule has 3 N–H and O–H groups in total. The molecule has 0 amide bonds. The van der Waals surface area contributed by atoms with Crippen molar-refractivity contribution in [3.8, 4) is 11.5 Å². The van der Waals surface area contributed by atoms with Crippen LogP contribution in [0.3, 0.4) is 0 Å². The molecular weight excluding hydrogens is 661 g/mol. The summed E-state index contributed by atoms with van der Waals surface area (Å²) in [5.74, 6) is 0.372. The molecule has 0 saturated carbocycles. The summed E-state index contributed by atoms with van der Waals surface area (Å²) < 4.78 is 0. The molecule has 0 atom stereocenters. The zero-order valence-electron chi connectivity index (χ0n) is 36.0. The molecule has 0 spiro atoms. The predicted octanol–water partition coefficient (Wildman–Crippen LogP) is 15.4. The highest BCUT2D eigenvalue weighted by molar-refractivity contribution is 5.40. The van der Waals surface area contributed by atoms with E-state index in [0.29, 0.717) is 6.42 Å². The quantitative estimate of drug-likeness (QED) is 0.0622. The van der Waals surface area contributed by atoms with Gasteiger partial charge in [0, 0.05) is 5.56 Å². The summed E-state index contributed by atoms with van der Waals surface area (Å²) in [6, 6.07) is 4.62. The molecule has 0 fully saturated rings. The van der Waals surface area contributed by atoms with E-state index in [1.54, 1.807) is 6.07 Å². The third-order valence-electron chi connectivity index (χ3n) is 10.1. The van der Waals surface area contributed by atoms with Crippen molar-refractivity contribution < 1.29 is 15.3 Å². The topological polar surface area (TPSA) is 60.7 Å². The number of aliphatic hydroxyl groups is 1. The first-order valence-electron chi connectivity index (χ1n) is 20.8. The first-order chi connectivity index (χ1) is 25.8. The Hall–Kier alpha value is -3.56. The van der Waals surface area contributed by atoms with Gasteiger partial charge in [-0.25, -0.2) is 0 Å². The van der Waals surface area contributed by atoms with E-state index in [4.69, 9.17) is 0 Å². The number of aromatic hydroxyl groups is 2. The molecule has 300 valence electrons. The standard InChI is InChI=1S/C51H78O3/c1-40(2)18-10-19-41(3)20-11-21-42(4)22-12-23-43(5)24-13-25-44(6)26-14-27-45(7)28-15-29-46(8)30-16-32-48(39-52)33-17-31-47(9)34-35-49-38-50(53)36-37-51(49)54/h18,20,22,24,26,28,30,33-34,36-38,52-54H,10-17,19,21,23,25,27,29,31-32,35,39H2,1-9H3/b41-20+,42-22+,43-24+,44-26+,45-28+,46-30+,47-34+,48-33-. The van der Waals surface area contributed by atoms with Crippen LogP contribution in [-0.4, -0.2) is 21.9 Å². The summed E-state index contributed by atoms with van der Waals surface area (Å²) >= 11 is 0. The van der Waals surface area contributed by atoms with Crippen molar-refractivity contribution in [2.75, 3.05) is 6.61 Å². The van der Waals surface area contributed by atoms with E-state index >= 15 is 0 Å². The van der Waals surface area contributed by atoms with Gasteiger partial charge in [-0.05, 0) is 195 Å². The van der Waals surface area contributed by atoms with Crippen molar-refractivity contribution in [1.82, 2.24) is 0 Å². The van der Waals surface area contributed by atoms with Crippen molar-refractivity contribution in [2.45, 2.75) is 171 Å². The highest BCUT2D eigenvalue weighted by Crippen LogP contribution is 2.24. The molecule has 0 saturated heterocycles. The minimum atomic E-state index is 0.104. The maximum Gasteiger partial charge on any atom is 0.119 e. The van der Waals surface area contributed by atoms with Gasteiger partial charge in [-0.15, -0.1) is 0 Å². The van der Waals surface area contributed by atoms with Crippen LogP contribution in [0.1, 0.15) is 171 Å². The molecule has 0 aliphatic carbocycles. The molecule has 0 radical (unpaired) electrons. The number of benzene rings is 1. The Morgan fingerprint density at radius 3 is 1.13 bits per heavy atom. The third kappa shape index (κ3) is 26.3. The fourth-order valence-electron chi connectivity index (χ4n) is 6.31. The first kappa shape index (κ1) is 48.5. The number of aliphatic hydroxyl groups excluding tert-OH is 1. The number of allylic oxidation sites excluding steroid dienone is 17. The van der Waals surface area contributed by atoms with Crippen molar-refractivity contribution in [2.24, 2.45) is 0 Å². The number of hydrogen-bond donors (Lipinski definition) is 3. The molecular formula is C51H78O3. The Labute approximate surface area is 332 Å². The average molecular weight is 739 g/mol.